The number of rotatable bonds is 5. The number of anilines is 2. The predicted molar refractivity (Wildman–Crippen MR) is 125 cm³/mol. The van der Waals surface area contributed by atoms with Gasteiger partial charge in [-0.2, -0.15) is 0 Å². The minimum atomic E-state index is -0.207. The number of hydrogen-bond donors (Lipinski definition) is 1. The number of aryl methyl sites for hydroxylation is 2. The number of thiocarbonyl (C=S) groups is 1. The second kappa shape index (κ2) is 9.41. The van der Waals surface area contributed by atoms with Crippen LogP contribution in [0.4, 0.5) is 11.4 Å². The topological polar surface area (TPSA) is 50.8 Å². The number of nitrogens with zero attached hydrogens (tertiary/aromatic N) is 1. The number of amides is 1. The third kappa shape index (κ3) is 5.15. The third-order valence-electron chi connectivity index (χ3n) is 4.82. The van der Waals surface area contributed by atoms with Crippen molar-refractivity contribution in [3.63, 3.8) is 0 Å². The zero-order valence-corrected chi connectivity index (χ0v) is 18.2. The van der Waals surface area contributed by atoms with E-state index in [0.29, 0.717) is 22.2 Å². The molecule has 30 heavy (non-hydrogen) atoms. The summed E-state index contributed by atoms with van der Waals surface area (Å²) < 4.78 is 10.9. The number of nitrogens with one attached hydrogen (secondary N) is 1. The Kier molecular flexibility index (Phi) is 6.69. The molecule has 0 aliphatic carbocycles. The molecule has 1 N–H and O–H groups in total. The Morgan fingerprint density at radius 2 is 1.53 bits per heavy atom. The third-order valence-corrected chi connectivity index (χ3v) is 5.18. The Balaban J connectivity index is 1.62. The number of methoxy groups -OCH3 is 1. The summed E-state index contributed by atoms with van der Waals surface area (Å²) in [7, 11) is 3.46. The van der Waals surface area contributed by atoms with Crippen molar-refractivity contribution in [3.05, 3.63) is 83.4 Å². The van der Waals surface area contributed by atoms with E-state index < -0.39 is 0 Å². The van der Waals surface area contributed by atoms with E-state index >= 15 is 0 Å². The van der Waals surface area contributed by atoms with Gasteiger partial charge in [0.15, 0.2) is 0 Å². The normalized spacial score (nSPS) is 10.3. The van der Waals surface area contributed by atoms with Crippen LogP contribution in [0.25, 0.3) is 0 Å². The molecule has 6 heteroatoms. The smallest absolute Gasteiger partial charge is 0.269 e. The van der Waals surface area contributed by atoms with Crippen LogP contribution in [0.15, 0.2) is 66.7 Å². The lowest BCUT2D eigenvalue weighted by molar-refractivity contribution is 0.102. The molecule has 5 nitrogen and oxygen atoms in total. The summed E-state index contributed by atoms with van der Waals surface area (Å²) in [5.74, 6) is 1.09. The molecule has 0 saturated carbocycles. The molecule has 0 atom stereocenters. The zero-order valence-electron chi connectivity index (χ0n) is 17.4. The molecule has 0 radical (unpaired) electrons. The lowest BCUT2D eigenvalue weighted by Gasteiger charge is -2.21. The lowest BCUT2D eigenvalue weighted by atomic mass is 10.1. The molecule has 0 aromatic heterocycles. The van der Waals surface area contributed by atoms with E-state index in [9.17, 15) is 4.79 Å². The van der Waals surface area contributed by atoms with E-state index in [2.05, 4.69) is 31.3 Å². The van der Waals surface area contributed by atoms with Gasteiger partial charge >= 0.3 is 0 Å². The Labute approximate surface area is 182 Å². The molecule has 0 aliphatic rings. The maximum Gasteiger partial charge on any atom is 0.269 e. The minimum absolute atomic E-state index is 0.207. The van der Waals surface area contributed by atoms with Crippen molar-refractivity contribution in [2.75, 3.05) is 24.4 Å². The van der Waals surface area contributed by atoms with Crippen LogP contribution >= 0.6 is 12.2 Å². The molecule has 0 aliphatic heterocycles. The van der Waals surface area contributed by atoms with Crippen molar-refractivity contribution in [1.82, 2.24) is 0 Å². The van der Waals surface area contributed by atoms with Crippen molar-refractivity contribution >= 4 is 34.7 Å². The van der Waals surface area contributed by atoms with Gasteiger partial charge < -0.3 is 19.7 Å². The zero-order chi connectivity index (χ0) is 21.7. The summed E-state index contributed by atoms with van der Waals surface area (Å²) in [6.07, 6.45) is 0. The minimum Gasteiger partial charge on any atom is -0.497 e. The quantitative estimate of drug-likeness (QED) is 0.563. The van der Waals surface area contributed by atoms with Crippen molar-refractivity contribution in [3.8, 4) is 11.5 Å². The van der Waals surface area contributed by atoms with Gasteiger partial charge in [0.2, 0.25) is 0 Å². The number of carbonyl (C=O) groups is 1. The van der Waals surface area contributed by atoms with Gasteiger partial charge in [-0.1, -0.05) is 6.07 Å². The van der Waals surface area contributed by atoms with Crippen LogP contribution < -0.4 is 19.7 Å². The molecule has 0 bridgehead atoms. The Hall–Kier alpha value is -3.38. The fourth-order valence-electron chi connectivity index (χ4n) is 2.76. The van der Waals surface area contributed by atoms with Gasteiger partial charge in [0.25, 0.3) is 11.1 Å². The Bertz CT molecular complexity index is 1050. The molecule has 0 fully saturated rings. The monoisotopic (exact) mass is 420 g/mol. The summed E-state index contributed by atoms with van der Waals surface area (Å²) in [6, 6.07) is 20.1. The first-order chi connectivity index (χ1) is 14.4. The number of hydrogen-bond acceptors (Lipinski definition) is 4. The predicted octanol–water partition coefficient (Wildman–Crippen LogP) is 5.36. The van der Waals surface area contributed by atoms with Gasteiger partial charge in [0.05, 0.1) is 7.11 Å². The van der Waals surface area contributed by atoms with E-state index in [-0.39, 0.29) is 5.91 Å². The van der Waals surface area contributed by atoms with Gasteiger partial charge in [-0.3, -0.25) is 4.79 Å². The molecule has 3 aromatic rings. The van der Waals surface area contributed by atoms with Gasteiger partial charge in [0.1, 0.15) is 11.5 Å². The van der Waals surface area contributed by atoms with Crippen LogP contribution in [-0.4, -0.2) is 25.2 Å². The first-order valence-electron chi connectivity index (χ1n) is 9.45. The van der Waals surface area contributed by atoms with E-state index in [4.69, 9.17) is 21.7 Å². The van der Waals surface area contributed by atoms with E-state index in [1.807, 2.05) is 18.0 Å². The fourth-order valence-corrected chi connectivity index (χ4v) is 2.96. The van der Waals surface area contributed by atoms with Crippen molar-refractivity contribution in [1.29, 1.82) is 0 Å². The van der Waals surface area contributed by atoms with Crippen LogP contribution in [0.2, 0.25) is 0 Å². The maximum atomic E-state index is 12.4. The number of carbonyl (C=O) groups excluding carboxylic acids is 1. The van der Waals surface area contributed by atoms with Gasteiger partial charge in [-0.25, -0.2) is 0 Å². The van der Waals surface area contributed by atoms with Crippen molar-refractivity contribution in [2.24, 2.45) is 0 Å². The van der Waals surface area contributed by atoms with E-state index in [0.717, 1.165) is 11.4 Å². The van der Waals surface area contributed by atoms with Gasteiger partial charge in [-0.05, 0) is 97.9 Å². The van der Waals surface area contributed by atoms with Gasteiger partial charge in [0, 0.05) is 24.0 Å². The highest BCUT2D eigenvalue weighted by Crippen LogP contribution is 2.21. The van der Waals surface area contributed by atoms with E-state index in [1.54, 1.807) is 55.6 Å². The van der Waals surface area contributed by atoms with Gasteiger partial charge in [-0.15, -0.1) is 0 Å². The SMILES string of the molecule is COc1ccc(NC(=O)c2ccc(OC(=S)N(C)c3ccc(C)c(C)c3)cc2)cc1. The Morgan fingerprint density at radius 1 is 0.900 bits per heavy atom. The summed E-state index contributed by atoms with van der Waals surface area (Å²) in [6.45, 7) is 4.13. The maximum absolute atomic E-state index is 12.4. The number of benzene rings is 3. The molecule has 0 unspecified atom stereocenters. The first kappa shape index (κ1) is 21.3. The van der Waals surface area contributed by atoms with Crippen LogP contribution in [0.5, 0.6) is 11.5 Å². The average molecular weight is 421 g/mol. The molecule has 0 saturated heterocycles. The van der Waals surface area contributed by atoms with Crippen LogP contribution in [-0.2, 0) is 0 Å². The van der Waals surface area contributed by atoms with Crippen LogP contribution in [0, 0.1) is 13.8 Å². The molecule has 3 rings (SSSR count). The fraction of sp³-hybridized carbons (Fsp3) is 0.167. The average Bonchev–Trinajstić information content (AvgIpc) is 2.76. The second-order valence-electron chi connectivity index (χ2n) is 6.90. The molecule has 1 amide bonds. The molecule has 0 spiro atoms. The highest BCUT2D eigenvalue weighted by Gasteiger charge is 2.12. The molecule has 3 aromatic carbocycles. The standard InChI is InChI=1S/C24H24N2O3S/c1-16-5-10-20(15-17(16)2)26(3)24(30)29-22-11-6-18(7-12-22)23(27)25-19-8-13-21(28-4)14-9-19/h5-15H,1-4H3,(H,25,27). The van der Waals surface area contributed by atoms with Crippen molar-refractivity contribution in [2.45, 2.75) is 13.8 Å². The molecule has 154 valence electrons. The summed E-state index contributed by atoms with van der Waals surface area (Å²) in [4.78, 5) is 14.2. The molecule has 0 heterocycles. The summed E-state index contributed by atoms with van der Waals surface area (Å²) in [5.41, 5.74) is 4.58. The Morgan fingerprint density at radius 3 is 2.13 bits per heavy atom. The summed E-state index contributed by atoms with van der Waals surface area (Å²) in [5, 5.41) is 3.18. The van der Waals surface area contributed by atoms with Crippen LogP contribution in [0.3, 0.4) is 0 Å². The van der Waals surface area contributed by atoms with Crippen LogP contribution in [0.1, 0.15) is 21.5 Å². The highest BCUT2D eigenvalue weighted by molar-refractivity contribution is 7.80. The van der Waals surface area contributed by atoms with E-state index in [1.165, 1.54) is 11.1 Å². The first-order valence-corrected chi connectivity index (χ1v) is 9.86. The molecular formula is C24H24N2O3S. The highest BCUT2D eigenvalue weighted by atomic mass is 32.1. The summed E-state index contributed by atoms with van der Waals surface area (Å²) >= 11 is 5.42. The molecular weight excluding hydrogens is 396 g/mol. The largest absolute Gasteiger partial charge is 0.497 e. The second-order valence-corrected chi connectivity index (χ2v) is 7.25. The van der Waals surface area contributed by atoms with Crippen molar-refractivity contribution < 1.29 is 14.3 Å². The lowest BCUT2D eigenvalue weighted by Crippen LogP contribution is -2.29. The number of ether oxygens (including phenoxy) is 2.